The van der Waals surface area contributed by atoms with Gasteiger partial charge in [0.25, 0.3) is 0 Å². The van der Waals surface area contributed by atoms with Gasteiger partial charge in [-0.05, 0) is 90.3 Å². The molecule has 1 heterocycles. The highest BCUT2D eigenvalue weighted by molar-refractivity contribution is 5.86. The lowest BCUT2D eigenvalue weighted by atomic mass is 9.77. The lowest BCUT2D eigenvalue weighted by Crippen LogP contribution is -2.34. The lowest BCUT2D eigenvalue weighted by molar-refractivity contribution is -0.142. The summed E-state index contributed by atoms with van der Waals surface area (Å²) in [5.74, 6) is 0.764. The Bertz CT molecular complexity index is 2010. The molecule has 62 heavy (non-hydrogen) atoms. The third-order valence-corrected chi connectivity index (χ3v) is 12.8. The summed E-state index contributed by atoms with van der Waals surface area (Å²) in [6.45, 7) is 24.0. The van der Waals surface area contributed by atoms with E-state index < -0.39 is 23.8 Å². The van der Waals surface area contributed by atoms with Crippen molar-refractivity contribution < 1.29 is 43.4 Å². The van der Waals surface area contributed by atoms with Gasteiger partial charge in [-0.2, -0.15) is 0 Å². The quantitative estimate of drug-likeness (QED) is 0.0382. The second-order valence-electron chi connectivity index (χ2n) is 17.7. The highest BCUT2D eigenvalue weighted by Crippen LogP contribution is 2.39. The molecule has 1 saturated heterocycles. The van der Waals surface area contributed by atoms with Crippen molar-refractivity contribution in [1.29, 1.82) is 0 Å². The number of aliphatic hydroxyl groups is 2. The molecule has 1 aliphatic rings. The maximum absolute atomic E-state index is 11.6. The maximum Gasteiger partial charge on any atom is 0.333 e. The third kappa shape index (κ3) is 11.9. The highest BCUT2D eigenvalue weighted by atomic mass is 16.6. The van der Waals surface area contributed by atoms with Crippen LogP contribution in [-0.2, 0) is 45.8 Å². The van der Waals surface area contributed by atoms with Gasteiger partial charge >= 0.3 is 5.97 Å². The molecule has 336 valence electrons. The Morgan fingerprint density at radius 1 is 0.597 bits per heavy atom. The van der Waals surface area contributed by atoms with E-state index in [-0.39, 0.29) is 54.5 Å². The van der Waals surface area contributed by atoms with Gasteiger partial charge in [-0.3, -0.25) is 0 Å². The van der Waals surface area contributed by atoms with Crippen molar-refractivity contribution in [2.24, 2.45) is 0 Å². The van der Waals surface area contributed by atoms with Crippen LogP contribution < -0.4 is 9.47 Å². The normalized spacial score (nSPS) is 15.4. The van der Waals surface area contributed by atoms with Crippen LogP contribution in [0.25, 0.3) is 0 Å². The number of carbonyl (C=O) groups excluding carboxylic acids is 1. The summed E-state index contributed by atoms with van der Waals surface area (Å²) < 4.78 is 35.2. The molecule has 1 aliphatic heterocycles. The van der Waals surface area contributed by atoms with Gasteiger partial charge in [-0.15, -0.1) is 0 Å². The van der Waals surface area contributed by atoms with Crippen LogP contribution in [0.4, 0.5) is 0 Å². The van der Waals surface area contributed by atoms with Crippen molar-refractivity contribution >= 4 is 5.97 Å². The number of rotatable bonds is 25. The van der Waals surface area contributed by atoms with Gasteiger partial charge in [0.1, 0.15) is 49.6 Å². The molecular formula is C53H70O9. The van der Waals surface area contributed by atoms with Crippen molar-refractivity contribution in [3.63, 3.8) is 0 Å². The molecule has 9 nitrogen and oxygen atoms in total. The first-order valence-electron chi connectivity index (χ1n) is 22.3. The van der Waals surface area contributed by atoms with Gasteiger partial charge in [-0.25, -0.2) is 4.79 Å². The second-order valence-corrected chi connectivity index (χ2v) is 17.7. The predicted molar refractivity (Wildman–Crippen MR) is 245 cm³/mol. The van der Waals surface area contributed by atoms with Crippen molar-refractivity contribution in [1.82, 2.24) is 0 Å². The number of aliphatic hydroxyl groups excluding tert-OH is 2. The van der Waals surface area contributed by atoms with E-state index in [0.717, 1.165) is 49.0 Å². The standard InChI is InChI=1S/C53H70O9/c1-11-52(12-2,42-19-15-38(16-20-42)50(7,8)40-23-27-46(28-24-40)57-31-44(54)33-60-49(56)37(5)6)61-34-45(55)32-58-47-29-25-41(26-30-47)51(9,10)39-17-21-43(22-18-39)53(13-3,14-4)62-36-48-35-59-48/h15-30,44-45,48,54-55H,5,11-14,31-36H2,1-4,6-10H3. The first-order chi connectivity index (χ1) is 29.5. The van der Waals surface area contributed by atoms with E-state index in [0.29, 0.717) is 18.1 Å². The Morgan fingerprint density at radius 3 is 1.29 bits per heavy atom. The zero-order valence-corrected chi connectivity index (χ0v) is 38.5. The molecule has 5 rings (SSSR count). The molecule has 1 fully saturated rings. The van der Waals surface area contributed by atoms with Crippen LogP contribution in [0.5, 0.6) is 11.5 Å². The van der Waals surface area contributed by atoms with E-state index in [4.69, 9.17) is 28.4 Å². The number of benzene rings is 4. The predicted octanol–water partition coefficient (Wildman–Crippen LogP) is 10.1. The third-order valence-electron chi connectivity index (χ3n) is 12.8. The van der Waals surface area contributed by atoms with Gasteiger partial charge < -0.3 is 38.6 Å². The molecular weight excluding hydrogens is 781 g/mol. The minimum Gasteiger partial charge on any atom is -0.491 e. The summed E-state index contributed by atoms with van der Waals surface area (Å²) in [6.07, 6.45) is 1.76. The zero-order chi connectivity index (χ0) is 45.1. The van der Waals surface area contributed by atoms with Crippen molar-refractivity contribution in [2.45, 2.75) is 128 Å². The molecule has 2 N–H and O–H groups in total. The highest BCUT2D eigenvalue weighted by Gasteiger charge is 2.35. The van der Waals surface area contributed by atoms with Crippen molar-refractivity contribution in [3.05, 3.63) is 143 Å². The summed E-state index contributed by atoms with van der Waals surface area (Å²) in [5, 5.41) is 21.2. The van der Waals surface area contributed by atoms with E-state index in [1.807, 2.05) is 36.4 Å². The van der Waals surface area contributed by atoms with E-state index in [2.05, 4.69) is 123 Å². The molecule has 0 spiro atoms. The van der Waals surface area contributed by atoms with Crippen LogP contribution >= 0.6 is 0 Å². The number of carbonyl (C=O) groups is 1. The molecule has 3 unspecified atom stereocenters. The minimum absolute atomic E-state index is 0.00641. The van der Waals surface area contributed by atoms with Gasteiger partial charge in [0.2, 0.25) is 0 Å². The summed E-state index contributed by atoms with van der Waals surface area (Å²) in [6, 6.07) is 33.4. The first-order valence-corrected chi connectivity index (χ1v) is 22.3. The second kappa shape index (κ2) is 21.2. The number of ether oxygens (including phenoxy) is 6. The average Bonchev–Trinajstić information content (AvgIpc) is 4.13. The number of epoxide rings is 1. The van der Waals surface area contributed by atoms with Crippen LogP contribution in [0.2, 0.25) is 0 Å². The van der Waals surface area contributed by atoms with E-state index in [1.54, 1.807) is 6.92 Å². The fourth-order valence-corrected chi connectivity index (χ4v) is 7.99. The molecule has 4 aromatic carbocycles. The lowest BCUT2D eigenvalue weighted by Gasteiger charge is -2.34. The van der Waals surface area contributed by atoms with E-state index >= 15 is 0 Å². The topological polar surface area (TPSA) is 116 Å². The van der Waals surface area contributed by atoms with E-state index in [9.17, 15) is 15.0 Å². The maximum atomic E-state index is 11.6. The molecule has 4 aromatic rings. The zero-order valence-electron chi connectivity index (χ0n) is 38.5. The van der Waals surface area contributed by atoms with Crippen LogP contribution in [0, 0.1) is 0 Å². The Kier molecular flexibility index (Phi) is 16.6. The number of hydrogen-bond acceptors (Lipinski definition) is 9. The first kappa shape index (κ1) is 48.5. The fraction of sp³-hybridized carbons (Fsp3) is 0.491. The molecule has 9 heteroatoms. The Hall–Kier alpha value is -4.51. The van der Waals surface area contributed by atoms with Crippen molar-refractivity contribution in [2.75, 3.05) is 39.6 Å². The summed E-state index contributed by atoms with van der Waals surface area (Å²) in [5.41, 5.74) is 5.77. The fourth-order valence-electron chi connectivity index (χ4n) is 7.99. The number of esters is 1. The van der Waals surface area contributed by atoms with Gasteiger partial charge in [-0.1, -0.05) is 135 Å². The summed E-state index contributed by atoms with van der Waals surface area (Å²) >= 11 is 0. The van der Waals surface area contributed by atoms with Gasteiger partial charge in [0, 0.05) is 16.4 Å². The summed E-state index contributed by atoms with van der Waals surface area (Å²) in [7, 11) is 0. The van der Waals surface area contributed by atoms with Gasteiger partial charge in [0.15, 0.2) is 0 Å². The van der Waals surface area contributed by atoms with Gasteiger partial charge in [0.05, 0.1) is 31.0 Å². The Labute approximate surface area is 370 Å². The molecule has 0 aliphatic carbocycles. The van der Waals surface area contributed by atoms with Crippen LogP contribution in [-0.4, -0.2) is 74.1 Å². The average molecular weight is 851 g/mol. The molecule has 0 bridgehead atoms. The molecule has 3 atom stereocenters. The Morgan fingerprint density at radius 2 is 0.935 bits per heavy atom. The molecule has 0 aromatic heterocycles. The minimum atomic E-state index is -0.952. The van der Waals surface area contributed by atoms with Crippen molar-refractivity contribution in [3.8, 4) is 11.5 Å². The monoisotopic (exact) mass is 851 g/mol. The van der Waals surface area contributed by atoms with E-state index in [1.165, 1.54) is 16.7 Å². The molecule has 0 saturated carbocycles. The smallest absolute Gasteiger partial charge is 0.333 e. The summed E-state index contributed by atoms with van der Waals surface area (Å²) in [4.78, 5) is 11.6. The van der Waals surface area contributed by atoms with Crippen LogP contribution in [0.15, 0.2) is 109 Å². The largest absolute Gasteiger partial charge is 0.491 e. The molecule has 0 radical (unpaired) electrons. The number of hydrogen-bond donors (Lipinski definition) is 2. The molecule has 0 amide bonds. The Balaban J connectivity index is 1.13. The van der Waals surface area contributed by atoms with Crippen LogP contribution in [0.1, 0.15) is 121 Å². The van der Waals surface area contributed by atoms with Crippen LogP contribution in [0.3, 0.4) is 0 Å². The SMILES string of the molecule is C=C(C)C(=O)OCC(O)COc1ccc(C(C)(C)c2ccc(C(CC)(CC)OCC(O)COc3ccc(C(C)(C)c4ccc(C(CC)(CC)OCC5CO5)cc4)cc3)cc2)cc1.